The highest BCUT2D eigenvalue weighted by Gasteiger charge is 2.23. The van der Waals surface area contributed by atoms with E-state index in [2.05, 4.69) is 25.8 Å². The fourth-order valence-corrected chi connectivity index (χ4v) is 4.07. The van der Waals surface area contributed by atoms with Crippen molar-refractivity contribution in [3.8, 4) is 5.75 Å². The van der Waals surface area contributed by atoms with Crippen molar-refractivity contribution >= 4 is 35.0 Å². The van der Waals surface area contributed by atoms with Crippen LogP contribution in [-0.2, 0) is 15.0 Å². The SMILES string of the molecule is [C-]#[N+]c1cc([C@H](CC(=O)O)CC(=O)CNC(=O)c2cc(O)cc(NC3=NCC(F)CN3)c2)cc(C(C)(C)C)c1. The molecule has 0 fully saturated rings. The van der Waals surface area contributed by atoms with Crippen LogP contribution in [0.15, 0.2) is 41.4 Å². The van der Waals surface area contributed by atoms with Gasteiger partial charge in [-0.1, -0.05) is 50.1 Å². The molecule has 1 unspecified atom stereocenters. The van der Waals surface area contributed by atoms with E-state index in [-0.39, 0.29) is 55.0 Å². The highest BCUT2D eigenvalue weighted by molar-refractivity contribution is 6.00. The molecule has 0 bridgehead atoms. The number of guanidine groups is 1. The van der Waals surface area contributed by atoms with E-state index in [0.717, 1.165) is 5.56 Å². The van der Waals surface area contributed by atoms with E-state index in [1.807, 2.05) is 26.8 Å². The number of phenols is 1. The van der Waals surface area contributed by atoms with Gasteiger partial charge in [0.25, 0.3) is 5.91 Å². The Balaban J connectivity index is 1.70. The Morgan fingerprint density at radius 2 is 1.92 bits per heavy atom. The van der Waals surface area contributed by atoms with Crippen molar-refractivity contribution in [3.63, 3.8) is 0 Å². The Morgan fingerprint density at radius 3 is 2.54 bits per heavy atom. The van der Waals surface area contributed by atoms with Crippen molar-refractivity contribution in [3.05, 3.63) is 64.5 Å². The summed E-state index contributed by atoms with van der Waals surface area (Å²) in [6, 6.07) is 9.23. The molecule has 5 N–H and O–H groups in total. The highest BCUT2D eigenvalue weighted by atomic mass is 19.1. The van der Waals surface area contributed by atoms with Gasteiger partial charge in [-0.25, -0.2) is 14.2 Å². The predicted octanol–water partition coefficient (Wildman–Crippen LogP) is 3.90. The molecule has 0 aromatic heterocycles. The monoisotopic (exact) mass is 537 g/mol. The summed E-state index contributed by atoms with van der Waals surface area (Å²) in [5.74, 6) is -2.67. The molecule has 2 atom stereocenters. The van der Waals surface area contributed by atoms with Crippen LogP contribution >= 0.6 is 0 Å². The van der Waals surface area contributed by atoms with Gasteiger partial charge in [0.1, 0.15) is 11.9 Å². The van der Waals surface area contributed by atoms with Crippen LogP contribution in [0.3, 0.4) is 0 Å². The highest BCUT2D eigenvalue weighted by Crippen LogP contribution is 2.33. The zero-order chi connectivity index (χ0) is 28.7. The Hall–Kier alpha value is -4.46. The van der Waals surface area contributed by atoms with Gasteiger partial charge in [0, 0.05) is 29.7 Å². The largest absolute Gasteiger partial charge is 0.508 e. The molecule has 10 nitrogen and oxygen atoms in total. The maximum absolute atomic E-state index is 13.3. The topological polar surface area (TPSA) is 144 Å². The first-order valence-corrected chi connectivity index (χ1v) is 12.4. The number of halogens is 1. The van der Waals surface area contributed by atoms with Crippen LogP contribution in [0.5, 0.6) is 5.75 Å². The lowest BCUT2D eigenvalue weighted by Gasteiger charge is -2.23. The molecule has 1 aliphatic rings. The van der Waals surface area contributed by atoms with E-state index in [1.165, 1.54) is 18.2 Å². The third-order valence-electron chi connectivity index (χ3n) is 6.13. The summed E-state index contributed by atoms with van der Waals surface area (Å²) in [5.41, 5.74) is 1.93. The Labute approximate surface area is 226 Å². The summed E-state index contributed by atoms with van der Waals surface area (Å²) >= 11 is 0. The number of anilines is 1. The standard InChI is InChI=1S/C28H32FN5O5/c1-28(2,3)19-5-16(6-21(11-19)30-4)17(10-25(37)38)8-24(36)15-31-26(39)18-7-22(12-23(35)9-18)34-27-32-13-20(29)14-33-27/h5-7,9,11-12,17,20,35H,8,10,13-15H2,1-3H3,(H,31,39)(H,37,38)(H2,32,33,34)/t17-/m0/s1. The summed E-state index contributed by atoms with van der Waals surface area (Å²) in [6.45, 7) is 13.1. The first-order valence-electron chi connectivity index (χ1n) is 12.4. The van der Waals surface area contributed by atoms with Crippen molar-refractivity contribution in [1.29, 1.82) is 0 Å². The molecule has 0 aliphatic carbocycles. The number of nitrogens with zero attached hydrogens (tertiary/aromatic N) is 2. The molecule has 39 heavy (non-hydrogen) atoms. The van der Waals surface area contributed by atoms with E-state index in [1.54, 1.807) is 12.1 Å². The summed E-state index contributed by atoms with van der Waals surface area (Å²) in [6.07, 6.45) is -1.55. The van der Waals surface area contributed by atoms with Gasteiger partial charge in [0.2, 0.25) is 0 Å². The molecule has 2 aromatic rings. The molecule has 0 spiro atoms. The average molecular weight is 538 g/mol. The number of aliphatic imine (C=N–C) groups is 1. The van der Waals surface area contributed by atoms with E-state index in [0.29, 0.717) is 22.9 Å². The van der Waals surface area contributed by atoms with E-state index in [4.69, 9.17) is 6.57 Å². The molecule has 2 aromatic carbocycles. The van der Waals surface area contributed by atoms with E-state index in [9.17, 15) is 29.0 Å². The van der Waals surface area contributed by atoms with Gasteiger partial charge in [-0.15, -0.1) is 0 Å². The Bertz CT molecular complexity index is 1330. The van der Waals surface area contributed by atoms with Crippen molar-refractivity contribution in [2.24, 2.45) is 4.99 Å². The van der Waals surface area contributed by atoms with Gasteiger partial charge in [0.05, 0.1) is 32.6 Å². The van der Waals surface area contributed by atoms with Crippen LogP contribution in [0, 0.1) is 6.57 Å². The lowest BCUT2D eigenvalue weighted by Crippen LogP contribution is -2.40. The lowest BCUT2D eigenvalue weighted by atomic mass is 9.82. The number of benzene rings is 2. The molecule has 3 rings (SSSR count). The van der Waals surface area contributed by atoms with Crippen molar-refractivity contribution in [2.45, 2.75) is 51.1 Å². The second kappa shape index (κ2) is 12.4. The normalized spacial score (nSPS) is 15.8. The Kier molecular flexibility index (Phi) is 9.24. The molecular weight excluding hydrogens is 505 g/mol. The van der Waals surface area contributed by atoms with Crippen molar-refractivity contribution in [1.82, 2.24) is 10.6 Å². The van der Waals surface area contributed by atoms with Gasteiger partial charge >= 0.3 is 5.97 Å². The predicted molar refractivity (Wildman–Crippen MR) is 145 cm³/mol. The number of carbonyl (C=O) groups excluding carboxylic acids is 2. The van der Waals surface area contributed by atoms with Crippen LogP contribution in [-0.4, -0.2) is 59.6 Å². The second-order valence-electron chi connectivity index (χ2n) is 10.5. The number of carbonyl (C=O) groups is 3. The average Bonchev–Trinajstić information content (AvgIpc) is 2.86. The number of aliphatic carboxylic acids is 1. The second-order valence-corrected chi connectivity index (χ2v) is 10.5. The third kappa shape index (κ3) is 8.53. The number of hydrogen-bond acceptors (Lipinski definition) is 7. The van der Waals surface area contributed by atoms with Gasteiger partial charge in [-0.2, -0.15) is 0 Å². The fraction of sp³-hybridized carbons (Fsp3) is 0.393. The molecule has 206 valence electrons. The molecule has 0 saturated heterocycles. The number of Topliss-reactive ketones (excluding diaryl/α,β-unsaturated/α-hetero) is 1. The molecular formula is C28H32FN5O5. The molecule has 1 heterocycles. The number of amides is 1. The van der Waals surface area contributed by atoms with Crippen LogP contribution < -0.4 is 16.0 Å². The number of nitrogens with one attached hydrogen (secondary N) is 3. The number of ketones is 1. The first kappa shape index (κ1) is 29.1. The van der Waals surface area contributed by atoms with Crippen LogP contribution in [0.2, 0.25) is 0 Å². The smallest absolute Gasteiger partial charge is 0.303 e. The maximum atomic E-state index is 13.3. The lowest BCUT2D eigenvalue weighted by molar-refractivity contribution is -0.137. The minimum atomic E-state index is -1.09. The minimum Gasteiger partial charge on any atom is -0.508 e. The van der Waals surface area contributed by atoms with E-state index >= 15 is 0 Å². The number of carboxylic acid groups (broad SMARTS) is 1. The van der Waals surface area contributed by atoms with Gasteiger partial charge in [-0.3, -0.25) is 14.4 Å². The molecule has 0 saturated carbocycles. The summed E-state index contributed by atoms with van der Waals surface area (Å²) in [5, 5.41) is 27.7. The minimum absolute atomic E-state index is 0.00777. The summed E-state index contributed by atoms with van der Waals surface area (Å²) < 4.78 is 13.3. The number of hydrogen-bond donors (Lipinski definition) is 5. The zero-order valence-electron chi connectivity index (χ0n) is 22.0. The molecule has 11 heteroatoms. The maximum Gasteiger partial charge on any atom is 0.303 e. The van der Waals surface area contributed by atoms with Crippen LogP contribution in [0.25, 0.3) is 4.85 Å². The number of rotatable bonds is 9. The molecule has 1 amide bonds. The fourth-order valence-electron chi connectivity index (χ4n) is 4.07. The number of carboxylic acids is 1. The Morgan fingerprint density at radius 1 is 1.18 bits per heavy atom. The van der Waals surface area contributed by atoms with E-state index < -0.39 is 24.0 Å². The van der Waals surface area contributed by atoms with Crippen molar-refractivity contribution < 1.29 is 29.0 Å². The zero-order valence-corrected chi connectivity index (χ0v) is 22.0. The summed E-state index contributed by atoms with van der Waals surface area (Å²) in [4.78, 5) is 44.6. The summed E-state index contributed by atoms with van der Waals surface area (Å²) in [7, 11) is 0. The number of alkyl halides is 1. The molecule has 0 radical (unpaired) electrons. The first-order chi connectivity index (χ1) is 18.3. The number of phenolic OH excluding ortho intramolecular Hbond substituents is 1. The van der Waals surface area contributed by atoms with Gasteiger partial charge in [0.15, 0.2) is 17.4 Å². The van der Waals surface area contributed by atoms with Gasteiger partial charge < -0.3 is 26.2 Å². The number of aromatic hydroxyl groups is 1. The van der Waals surface area contributed by atoms with Crippen LogP contribution in [0.4, 0.5) is 15.8 Å². The van der Waals surface area contributed by atoms with Gasteiger partial charge in [-0.05, 0) is 17.5 Å². The van der Waals surface area contributed by atoms with Crippen molar-refractivity contribution in [2.75, 3.05) is 25.0 Å². The molecule has 1 aliphatic heterocycles. The van der Waals surface area contributed by atoms with Crippen LogP contribution in [0.1, 0.15) is 61.0 Å². The quantitative estimate of drug-likeness (QED) is 0.305. The third-order valence-corrected chi connectivity index (χ3v) is 6.13.